The Morgan fingerprint density at radius 3 is 2.69 bits per heavy atom. The number of piperidine rings is 2. The van der Waals surface area contributed by atoms with Gasteiger partial charge in [-0.1, -0.05) is 18.2 Å². The fourth-order valence-electron chi connectivity index (χ4n) is 5.08. The molecule has 154 valence electrons. The van der Waals surface area contributed by atoms with Crippen LogP contribution in [0.3, 0.4) is 0 Å². The highest BCUT2D eigenvalue weighted by molar-refractivity contribution is 5.81. The molecular formula is C24H32N4O. The summed E-state index contributed by atoms with van der Waals surface area (Å²) in [5, 5.41) is 4.49. The topological polar surface area (TPSA) is 48.5 Å². The minimum absolute atomic E-state index is 0.200. The summed E-state index contributed by atoms with van der Waals surface area (Å²) in [6.45, 7) is 5.39. The average molecular weight is 393 g/mol. The zero-order chi connectivity index (χ0) is 19.6. The number of aromatic nitrogens is 1. The second-order valence-electron chi connectivity index (χ2n) is 9.11. The molecule has 29 heavy (non-hydrogen) atoms. The van der Waals surface area contributed by atoms with Crippen molar-refractivity contribution in [1.82, 2.24) is 20.1 Å². The molecule has 1 saturated carbocycles. The number of para-hydroxylation sites is 1. The summed E-state index contributed by atoms with van der Waals surface area (Å²) in [4.78, 5) is 22.2. The number of carbonyl (C=O) groups excluding carboxylic acids is 1. The molecule has 5 heteroatoms. The summed E-state index contributed by atoms with van der Waals surface area (Å²) in [5.74, 6) is 0.504. The lowest BCUT2D eigenvalue weighted by molar-refractivity contribution is -0.127. The SMILES string of the molecule is O=C(NC1CC1)[C@@H]1CCCN(C2CCN(Cc3ccnc4ccccc34)CC2)C1. The van der Waals surface area contributed by atoms with Crippen molar-refractivity contribution in [3.05, 3.63) is 42.1 Å². The lowest BCUT2D eigenvalue weighted by Gasteiger charge is -2.42. The van der Waals surface area contributed by atoms with Crippen molar-refractivity contribution >= 4 is 16.8 Å². The van der Waals surface area contributed by atoms with Gasteiger partial charge in [0.1, 0.15) is 0 Å². The maximum atomic E-state index is 12.5. The Hall–Kier alpha value is -1.98. The predicted octanol–water partition coefficient (Wildman–Crippen LogP) is 3.19. The maximum absolute atomic E-state index is 12.5. The van der Waals surface area contributed by atoms with Gasteiger partial charge in [0.2, 0.25) is 5.91 Å². The van der Waals surface area contributed by atoms with Crippen LogP contribution >= 0.6 is 0 Å². The van der Waals surface area contributed by atoms with Crippen molar-refractivity contribution in [2.45, 2.75) is 57.2 Å². The van der Waals surface area contributed by atoms with Crippen LogP contribution in [0, 0.1) is 5.92 Å². The highest BCUT2D eigenvalue weighted by Gasteiger charge is 2.33. The Labute approximate surface area is 173 Å². The predicted molar refractivity (Wildman–Crippen MR) is 116 cm³/mol. The molecule has 1 atom stereocenters. The smallest absolute Gasteiger partial charge is 0.224 e. The molecule has 2 aromatic rings. The molecule has 1 aromatic heterocycles. The van der Waals surface area contributed by atoms with E-state index in [0.29, 0.717) is 18.0 Å². The van der Waals surface area contributed by atoms with Gasteiger partial charge in [0.15, 0.2) is 0 Å². The molecule has 2 aliphatic heterocycles. The van der Waals surface area contributed by atoms with Crippen molar-refractivity contribution in [3.8, 4) is 0 Å². The zero-order valence-corrected chi connectivity index (χ0v) is 17.2. The fourth-order valence-corrected chi connectivity index (χ4v) is 5.08. The number of rotatable bonds is 5. The number of nitrogens with zero attached hydrogens (tertiary/aromatic N) is 3. The number of hydrogen-bond acceptors (Lipinski definition) is 4. The average Bonchev–Trinajstić information content (AvgIpc) is 3.59. The summed E-state index contributed by atoms with van der Waals surface area (Å²) in [6.07, 6.45) is 8.92. The lowest BCUT2D eigenvalue weighted by atomic mass is 9.93. The Morgan fingerprint density at radius 1 is 1.03 bits per heavy atom. The van der Waals surface area contributed by atoms with E-state index < -0.39 is 0 Å². The molecule has 1 N–H and O–H groups in total. The first kappa shape index (κ1) is 19.0. The largest absolute Gasteiger partial charge is 0.353 e. The van der Waals surface area contributed by atoms with Crippen molar-refractivity contribution < 1.29 is 4.79 Å². The number of nitrogens with one attached hydrogen (secondary N) is 1. The summed E-state index contributed by atoms with van der Waals surface area (Å²) < 4.78 is 0. The Morgan fingerprint density at radius 2 is 1.86 bits per heavy atom. The number of pyridine rings is 1. The number of carbonyl (C=O) groups is 1. The van der Waals surface area contributed by atoms with Gasteiger partial charge in [-0.15, -0.1) is 0 Å². The van der Waals surface area contributed by atoms with Crippen LogP contribution in [0.4, 0.5) is 0 Å². The third-order valence-corrected chi connectivity index (χ3v) is 6.95. The van der Waals surface area contributed by atoms with Crippen molar-refractivity contribution in [3.63, 3.8) is 0 Å². The van der Waals surface area contributed by atoms with Gasteiger partial charge in [-0.2, -0.15) is 0 Å². The van der Waals surface area contributed by atoms with E-state index in [1.165, 1.54) is 36.6 Å². The van der Waals surface area contributed by atoms with E-state index in [-0.39, 0.29) is 5.92 Å². The summed E-state index contributed by atoms with van der Waals surface area (Å²) >= 11 is 0. The van der Waals surface area contributed by atoms with E-state index in [1.807, 2.05) is 6.20 Å². The summed E-state index contributed by atoms with van der Waals surface area (Å²) in [6, 6.07) is 11.7. The molecule has 0 unspecified atom stereocenters. The van der Waals surface area contributed by atoms with E-state index >= 15 is 0 Å². The second-order valence-corrected chi connectivity index (χ2v) is 9.11. The highest BCUT2D eigenvalue weighted by atomic mass is 16.2. The third-order valence-electron chi connectivity index (χ3n) is 6.95. The fraction of sp³-hybridized carbons (Fsp3) is 0.583. The van der Waals surface area contributed by atoms with Gasteiger partial charge in [0.05, 0.1) is 11.4 Å². The van der Waals surface area contributed by atoms with Gasteiger partial charge in [-0.3, -0.25) is 19.6 Å². The summed E-state index contributed by atoms with van der Waals surface area (Å²) in [7, 11) is 0. The first-order valence-electron chi connectivity index (χ1n) is 11.4. The van der Waals surface area contributed by atoms with Crippen LogP contribution in [-0.2, 0) is 11.3 Å². The molecule has 0 spiro atoms. The van der Waals surface area contributed by atoms with Gasteiger partial charge in [0, 0.05) is 36.8 Å². The number of likely N-dealkylation sites (tertiary alicyclic amines) is 2. The molecule has 1 aromatic carbocycles. The monoisotopic (exact) mass is 392 g/mol. The van der Waals surface area contributed by atoms with E-state index in [9.17, 15) is 4.79 Å². The van der Waals surface area contributed by atoms with Gasteiger partial charge in [0.25, 0.3) is 0 Å². The van der Waals surface area contributed by atoms with Gasteiger partial charge in [-0.05, 0) is 75.9 Å². The first-order chi connectivity index (χ1) is 14.3. The molecule has 0 radical (unpaired) electrons. The van der Waals surface area contributed by atoms with Gasteiger partial charge >= 0.3 is 0 Å². The molecule has 5 nitrogen and oxygen atoms in total. The van der Waals surface area contributed by atoms with E-state index in [4.69, 9.17) is 0 Å². The number of hydrogen-bond donors (Lipinski definition) is 1. The van der Waals surface area contributed by atoms with Crippen LogP contribution in [0.1, 0.15) is 44.1 Å². The standard InChI is InChI=1S/C24H32N4O/c29-24(26-20-7-8-20)19-4-3-13-28(17-19)21-10-14-27(15-11-21)16-18-9-12-25-23-6-2-1-5-22(18)23/h1-2,5-6,9,12,19-21H,3-4,7-8,10-11,13-17H2,(H,26,29)/t19-/m1/s1. The molecule has 1 aliphatic carbocycles. The number of fused-ring (bicyclic) bond motifs is 1. The van der Waals surface area contributed by atoms with E-state index in [2.05, 4.69) is 50.4 Å². The zero-order valence-electron chi connectivity index (χ0n) is 17.2. The van der Waals surface area contributed by atoms with Crippen LogP contribution in [0.5, 0.6) is 0 Å². The molecule has 3 heterocycles. The highest BCUT2D eigenvalue weighted by Crippen LogP contribution is 2.27. The Bertz CT molecular complexity index is 852. The lowest BCUT2D eigenvalue weighted by Crippen LogP contribution is -2.50. The van der Waals surface area contributed by atoms with E-state index in [1.54, 1.807) is 0 Å². The molecule has 3 fully saturated rings. The minimum Gasteiger partial charge on any atom is -0.353 e. The quantitative estimate of drug-likeness (QED) is 0.849. The van der Waals surface area contributed by atoms with Gasteiger partial charge < -0.3 is 5.32 Å². The second kappa shape index (κ2) is 8.41. The maximum Gasteiger partial charge on any atom is 0.224 e. The molecule has 5 rings (SSSR count). The molecule has 1 amide bonds. The molecular weight excluding hydrogens is 360 g/mol. The number of amides is 1. The Kier molecular flexibility index (Phi) is 5.51. The van der Waals surface area contributed by atoms with Crippen LogP contribution in [0.15, 0.2) is 36.5 Å². The van der Waals surface area contributed by atoms with E-state index in [0.717, 1.165) is 51.1 Å². The molecule has 0 bridgehead atoms. The molecule has 2 saturated heterocycles. The van der Waals surface area contributed by atoms with Crippen molar-refractivity contribution in [2.75, 3.05) is 26.2 Å². The van der Waals surface area contributed by atoms with Crippen LogP contribution in [-0.4, -0.2) is 59.0 Å². The van der Waals surface area contributed by atoms with Crippen molar-refractivity contribution in [1.29, 1.82) is 0 Å². The third kappa shape index (κ3) is 4.46. The molecule has 3 aliphatic rings. The number of benzene rings is 1. The van der Waals surface area contributed by atoms with Crippen LogP contribution in [0.25, 0.3) is 10.9 Å². The van der Waals surface area contributed by atoms with Gasteiger partial charge in [-0.25, -0.2) is 0 Å². The summed E-state index contributed by atoms with van der Waals surface area (Å²) in [5.41, 5.74) is 2.47. The van der Waals surface area contributed by atoms with Crippen LogP contribution < -0.4 is 5.32 Å². The normalized spacial score (nSPS) is 24.6. The Balaban J connectivity index is 1.15. The minimum atomic E-state index is 0.200. The van der Waals surface area contributed by atoms with Crippen molar-refractivity contribution in [2.24, 2.45) is 5.92 Å². The van der Waals surface area contributed by atoms with Crippen LogP contribution in [0.2, 0.25) is 0 Å². The first-order valence-corrected chi connectivity index (χ1v) is 11.4.